The molecule has 0 saturated heterocycles. The van der Waals surface area contributed by atoms with Crippen molar-refractivity contribution in [2.24, 2.45) is 0 Å². The van der Waals surface area contributed by atoms with Gasteiger partial charge in [0.1, 0.15) is 5.03 Å². The van der Waals surface area contributed by atoms with Gasteiger partial charge < -0.3 is 5.32 Å². The van der Waals surface area contributed by atoms with Crippen LogP contribution in [0.15, 0.2) is 58.6 Å². The first kappa shape index (κ1) is 13.1. The molecule has 0 radical (unpaired) electrons. The maximum absolute atomic E-state index is 4.37. The molecule has 0 fully saturated rings. The Bertz CT molecular complexity index is 481. The summed E-state index contributed by atoms with van der Waals surface area (Å²) in [6, 6.07) is 14.9. The van der Waals surface area contributed by atoms with Gasteiger partial charge in [0.05, 0.1) is 0 Å². The molecule has 1 unspecified atom stereocenters. The van der Waals surface area contributed by atoms with E-state index in [0.717, 1.165) is 11.4 Å². The molecule has 2 aromatic rings. The lowest BCUT2D eigenvalue weighted by Crippen LogP contribution is -2.15. The van der Waals surface area contributed by atoms with Gasteiger partial charge in [-0.15, -0.1) is 0 Å². The van der Waals surface area contributed by atoms with Crippen LogP contribution >= 0.6 is 11.8 Å². The summed E-state index contributed by atoms with van der Waals surface area (Å²) in [5.41, 5.74) is 1.35. The largest absolute Gasteiger partial charge is 0.313 e. The highest BCUT2D eigenvalue weighted by Crippen LogP contribution is 2.32. The molecule has 3 heteroatoms. The number of nitrogens with zero attached hydrogens (tertiary/aromatic N) is 1. The Labute approximate surface area is 113 Å². The number of pyridine rings is 1. The summed E-state index contributed by atoms with van der Waals surface area (Å²) in [5, 5.41) is 4.40. The zero-order chi connectivity index (χ0) is 12.8. The van der Waals surface area contributed by atoms with Gasteiger partial charge in [-0.1, -0.05) is 43.0 Å². The van der Waals surface area contributed by atoms with E-state index in [1.54, 1.807) is 11.8 Å². The van der Waals surface area contributed by atoms with Crippen molar-refractivity contribution in [3.63, 3.8) is 0 Å². The van der Waals surface area contributed by atoms with Crippen molar-refractivity contribution in [2.75, 3.05) is 7.05 Å². The number of hydrogen-bond donors (Lipinski definition) is 1. The Balaban J connectivity index is 2.28. The van der Waals surface area contributed by atoms with Gasteiger partial charge in [0.2, 0.25) is 0 Å². The lowest BCUT2D eigenvalue weighted by molar-refractivity contribution is 0.568. The third-order valence-corrected chi connectivity index (χ3v) is 3.95. The van der Waals surface area contributed by atoms with Crippen LogP contribution in [0.4, 0.5) is 0 Å². The Hall–Kier alpha value is -1.32. The second kappa shape index (κ2) is 6.57. The number of hydrogen-bond acceptors (Lipinski definition) is 3. The summed E-state index contributed by atoms with van der Waals surface area (Å²) in [6.07, 6.45) is 2.91. The second-order valence-corrected chi connectivity index (χ2v) is 5.12. The molecule has 1 aromatic heterocycles. The standard InChI is InChI=1S/C15H18N2S/c1-3-13(16-2)12-8-4-5-9-14(12)18-15-10-6-7-11-17-15/h4-11,13,16H,3H2,1-2H3. The van der Waals surface area contributed by atoms with Crippen LogP contribution < -0.4 is 5.32 Å². The predicted octanol–water partition coefficient (Wildman–Crippen LogP) is 3.90. The first-order valence-corrected chi connectivity index (χ1v) is 7.02. The summed E-state index contributed by atoms with van der Waals surface area (Å²) in [6.45, 7) is 2.20. The van der Waals surface area contributed by atoms with Crippen molar-refractivity contribution < 1.29 is 0 Å². The highest BCUT2D eigenvalue weighted by molar-refractivity contribution is 7.99. The van der Waals surface area contributed by atoms with Gasteiger partial charge in [-0.25, -0.2) is 4.98 Å². The van der Waals surface area contributed by atoms with Gasteiger partial charge in [0.25, 0.3) is 0 Å². The quantitative estimate of drug-likeness (QED) is 0.880. The number of benzene rings is 1. The molecule has 1 aromatic carbocycles. The van der Waals surface area contributed by atoms with Crippen LogP contribution in [-0.2, 0) is 0 Å². The maximum atomic E-state index is 4.37. The molecular weight excluding hydrogens is 240 g/mol. The van der Waals surface area contributed by atoms with Crippen LogP contribution in [-0.4, -0.2) is 12.0 Å². The van der Waals surface area contributed by atoms with E-state index in [1.165, 1.54) is 10.5 Å². The molecule has 0 aliphatic rings. The van der Waals surface area contributed by atoms with Crippen LogP contribution in [0.1, 0.15) is 24.9 Å². The van der Waals surface area contributed by atoms with Gasteiger partial charge in [-0.2, -0.15) is 0 Å². The highest BCUT2D eigenvalue weighted by Gasteiger charge is 2.12. The summed E-state index contributed by atoms with van der Waals surface area (Å²) >= 11 is 1.72. The maximum Gasteiger partial charge on any atom is 0.101 e. The van der Waals surface area contributed by atoms with Crippen molar-refractivity contribution in [1.82, 2.24) is 10.3 Å². The third kappa shape index (κ3) is 3.12. The van der Waals surface area contributed by atoms with E-state index < -0.39 is 0 Å². The third-order valence-electron chi connectivity index (χ3n) is 2.90. The van der Waals surface area contributed by atoms with Crippen molar-refractivity contribution in [1.29, 1.82) is 0 Å². The Morgan fingerprint density at radius 2 is 1.94 bits per heavy atom. The molecule has 0 bridgehead atoms. The molecular formula is C15H18N2S. The number of aromatic nitrogens is 1. The second-order valence-electron chi connectivity index (χ2n) is 4.06. The molecule has 0 saturated carbocycles. The van der Waals surface area contributed by atoms with Crippen molar-refractivity contribution in [2.45, 2.75) is 29.3 Å². The molecule has 0 aliphatic heterocycles. The topological polar surface area (TPSA) is 24.9 Å². The summed E-state index contributed by atoms with van der Waals surface area (Å²) in [5.74, 6) is 0. The summed E-state index contributed by atoms with van der Waals surface area (Å²) in [4.78, 5) is 5.64. The van der Waals surface area contributed by atoms with E-state index in [4.69, 9.17) is 0 Å². The molecule has 94 valence electrons. The van der Waals surface area contributed by atoms with E-state index in [9.17, 15) is 0 Å². The average Bonchev–Trinajstić information content (AvgIpc) is 2.43. The zero-order valence-corrected chi connectivity index (χ0v) is 11.6. The fraction of sp³-hybridized carbons (Fsp3) is 0.267. The van der Waals surface area contributed by atoms with E-state index in [2.05, 4.69) is 41.5 Å². The van der Waals surface area contributed by atoms with Crippen LogP contribution in [0, 0.1) is 0 Å². The molecule has 1 N–H and O–H groups in total. The Morgan fingerprint density at radius 3 is 2.61 bits per heavy atom. The van der Waals surface area contributed by atoms with Gasteiger partial charge >= 0.3 is 0 Å². The number of nitrogens with one attached hydrogen (secondary N) is 1. The molecule has 2 nitrogen and oxygen atoms in total. The fourth-order valence-corrected chi connectivity index (χ4v) is 2.92. The van der Waals surface area contributed by atoms with Gasteiger partial charge in [-0.05, 0) is 37.2 Å². The van der Waals surface area contributed by atoms with Crippen LogP contribution in [0.25, 0.3) is 0 Å². The molecule has 2 rings (SSSR count). The minimum Gasteiger partial charge on any atom is -0.313 e. The summed E-state index contributed by atoms with van der Waals surface area (Å²) in [7, 11) is 2.01. The molecule has 0 spiro atoms. The van der Waals surface area contributed by atoms with Gasteiger partial charge in [0, 0.05) is 17.1 Å². The van der Waals surface area contributed by atoms with Crippen LogP contribution in [0.5, 0.6) is 0 Å². The molecule has 18 heavy (non-hydrogen) atoms. The monoisotopic (exact) mass is 258 g/mol. The minimum atomic E-state index is 0.400. The van der Waals surface area contributed by atoms with Crippen molar-refractivity contribution in [3.05, 3.63) is 54.2 Å². The van der Waals surface area contributed by atoms with E-state index >= 15 is 0 Å². The van der Waals surface area contributed by atoms with Crippen molar-refractivity contribution >= 4 is 11.8 Å². The van der Waals surface area contributed by atoms with Gasteiger partial charge in [-0.3, -0.25) is 0 Å². The van der Waals surface area contributed by atoms with Gasteiger partial charge in [0.15, 0.2) is 0 Å². The molecule has 1 heterocycles. The highest BCUT2D eigenvalue weighted by atomic mass is 32.2. The van der Waals surface area contributed by atoms with E-state index in [0.29, 0.717) is 6.04 Å². The lowest BCUT2D eigenvalue weighted by atomic mass is 10.1. The van der Waals surface area contributed by atoms with Crippen molar-refractivity contribution in [3.8, 4) is 0 Å². The minimum absolute atomic E-state index is 0.400. The van der Waals surface area contributed by atoms with E-state index in [1.807, 2.05) is 31.4 Å². The smallest absolute Gasteiger partial charge is 0.101 e. The molecule has 0 amide bonds. The molecule has 0 aliphatic carbocycles. The first-order valence-electron chi connectivity index (χ1n) is 6.20. The van der Waals surface area contributed by atoms with Crippen LogP contribution in [0.3, 0.4) is 0 Å². The zero-order valence-electron chi connectivity index (χ0n) is 10.8. The predicted molar refractivity (Wildman–Crippen MR) is 76.9 cm³/mol. The fourth-order valence-electron chi connectivity index (χ4n) is 1.96. The number of rotatable bonds is 5. The lowest BCUT2D eigenvalue weighted by Gasteiger charge is -2.17. The SMILES string of the molecule is CCC(NC)c1ccccc1Sc1ccccn1. The average molecular weight is 258 g/mol. The van der Waals surface area contributed by atoms with E-state index in [-0.39, 0.29) is 0 Å². The Kier molecular flexibility index (Phi) is 4.79. The van der Waals surface area contributed by atoms with Crippen LogP contribution in [0.2, 0.25) is 0 Å². The normalized spacial score (nSPS) is 12.3. The molecule has 1 atom stereocenters. The first-order chi connectivity index (χ1) is 8.85. The summed E-state index contributed by atoms with van der Waals surface area (Å²) < 4.78 is 0. The Morgan fingerprint density at radius 1 is 1.17 bits per heavy atom.